The molecule has 0 aromatic rings. The van der Waals surface area contributed by atoms with E-state index in [1.165, 1.54) is 6.92 Å². The lowest BCUT2D eigenvalue weighted by Gasteiger charge is -2.59. The van der Waals surface area contributed by atoms with Gasteiger partial charge in [0, 0.05) is 24.2 Å². The van der Waals surface area contributed by atoms with Gasteiger partial charge in [-0.1, -0.05) is 19.4 Å². The first kappa shape index (κ1) is 20.7. The molecule has 3 saturated carbocycles. The Morgan fingerprint density at radius 2 is 1.86 bits per heavy atom. The predicted molar refractivity (Wildman–Crippen MR) is 105 cm³/mol. The molecular weight excluding hydrogens is 372 g/mol. The molecule has 29 heavy (non-hydrogen) atoms. The van der Waals surface area contributed by atoms with Crippen LogP contribution in [-0.4, -0.2) is 46.1 Å². The summed E-state index contributed by atoms with van der Waals surface area (Å²) >= 11 is 0. The van der Waals surface area contributed by atoms with Crippen molar-refractivity contribution in [2.45, 2.75) is 77.4 Å². The summed E-state index contributed by atoms with van der Waals surface area (Å²) in [6.07, 6.45) is 5.60. The second kappa shape index (κ2) is 6.74. The van der Waals surface area contributed by atoms with Gasteiger partial charge in [-0.15, -0.1) is 0 Å². The number of rotatable bonds is 3. The fourth-order valence-electron chi connectivity index (χ4n) is 7.37. The number of aliphatic hydroxyl groups is 2. The SMILES string of the molecule is CC(=O)OCC(=O)[C@@]1(O)CC[C@H]2[C@@H]3CCC4=CC(=O)CC(O)[C@]4(C)[C@H]3CC[C@@]21C. The monoisotopic (exact) mass is 404 g/mol. The Bertz CT molecular complexity index is 786. The van der Waals surface area contributed by atoms with Crippen LogP contribution in [0, 0.1) is 28.6 Å². The Morgan fingerprint density at radius 1 is 1.17 bits per heavy atom. The van der Waals surface area contributed by atoms with Crippen molar-refractivity contribution in [1.82, 2.24) is 0 Å². The van der Waals surface area contributed by atoms with Crippen LogP contribution in [0.1, 0.15) is 65.7 Å². The molecule has 0 saturated heterocycles. The van der Waals surface area contributed by atoms with Crippen molar-refractivity contribution in [2.75, 3.05) is 6.61 Å². The van der Waals surface area contributed by atoms with Gasteiger partial charge in [0.1, 0.15) is 5.60 Å². The molecule has 7 atom stereocenters. The molecule has 3 fully saturated rings. The van der Waals surface area contributed by atoms with Gasteiger partial charge in [0.05, 0.1) is 6.10 Å². The number of hydrogen-bond acceptors (Lipinski definition) is 6. The summed E-state index contributed by atoms with van der Waals surface area (Å²) in [7, 11) is 0. The lowest BCUT2D eigenvalue weighted by molar-refractivity contribution is -0.172. The standard InChI is InChI=1S/C23H32O6/c1-13(24)29-12-20(27)23(28)9-7-17-16-5-4-14-10-15(25)11-19(26)22(14,3)18(16)6-8-21(17,23)2/h10,16-19,26,28H,4-9,11-12H2,1-3H3/t16-,17-,18-,19?,21-,22-,23-/m0/s1. The molecule has 0 aliphatic heterocycles. The van der Waals surface area contributed by atoms with Crippen LogP contribution in [0.4, 0.5) is 0 Å². The molecule has 1 unspecified atom stereocenters. The summed E-state index contributed by atoms with van der Waals surface area (Å²) < 4.78 is 4.90. The van der Waals surface area contributed by atoms with Crippen molar-refractivity contribution in [3.05, 3.63) is 11.6 Å². The highest BCUT2D eigenvalue weighted by Crippen LogP contribution is 2.67. The first-order valence-corrected chi connectivity index (χ1v) is 10.8. The summed E-state index contributed by atoms with van der Waals surface area (Å²) in [4.78, 5) is 36.0. The van der Waals surface area contributed by atoms with E-state index in [1.807, 2.05) is 6.92 Å². The van der Waals surface area contributed by atoms with Crippen LogP contribution in [0.2, 0.25) is 0 Å². The summed E-state index contributed by atoms with van der Waals surface area (Å²) in [6, 6.07) is 0. The van der Waals surface area contributed by atoms with E-state index in [2.05, 4.69) is 6.92 Å². The van der Waals surface area contributed by atoms with Crippen molar-refractivity contribution in [1.29, 1.82) is 0 Å². The summed E-state index contributed by atoms with van der Waals surface area (Å²) in [5.74, 6) is -0.192. The maximum absolute atomic E-state index is 12.9. The first-order valence-electron chi connectivity index (χ1n) is 10.8. The van der Waals surface area contributed by atoms with E-state index in [9.17, 15) is 24.6 Å². The zero-order valence-electron chi connectivity index (χ0n) is 17.6. The molecule has 0 aromatic carbocycles. The van der Waals surface area contributed by atoms with Crippen LogP contribution in [0.25, 0.3) is 0 Å². The number of ether oxygens (including phenoxy) is 1. The van der Waals surface area contributed by atoms with Gasteiger partial charge >= 0.3 is 5.97 Å². The predicted octanol–water partition coefficient (Wildman–Crippen LogP) is 2.35. The number of ketones is 2. The number of fused-ring (bicyclic) bond motifs is 5. The minimum Gasteiger partial charge on any atom is -0.458 e. The van der Waals surface area contributed by atoms with Gasteiger partial charge in [0.2, 0.25) is 5.78 Å². The second-order valence-corrected chi connectivity index (χ2v) is 10.1. The van der Waals surface area contributed by atoms with E-state index in [1.54, 1.807) is 6.08 Å². The molecule has 2 N–H and O–H groups in total. The van der Waals surface area contributed by atoms with Crippen LogP contribution in [0.5, 0.6) is 0 Å². The summed E-state index contributed by atoms with van der Waals surface area (Å²) in [5.41, 5.74) is -1.36. The van der Waals surface area contributed by atoms with Gasteiger partial charge in [-0.3, -0.25) is 14.4 Å². The highest BCUT2D eigenvalue weighted by Gasteiger charge is 2.67. The molecule has 0 spiro atoms. The van der Waals surface area contributed by atoms with Gasteiger partial charge < -0.3 is 14.9 Å². The van der Waals surface area contributed by atoms with Gasteiger partial charge in [0.25, 0.3) is 0 Å². The molecule has 4 rings (SSSR count). The minimum atomic E-state index is -1.48. The van der Waals surface area contributed by atoms with Gasteiger partial charge in [-0.05, 0) is 62.4 Å². The molecule has 0 amide bonds. The number of Topliss-reactive ketones (excluding diaryl/α,β-unsaturated/α-hetero) is 1. The molecule has 0 heterocycles. The van der Waals surface area contributed by atoms with Crippen LogP contribution < -0.4 is 0 Å². The molecule has 4 aliphatic carbocycles. The van der Waals surface area contributed by atoms with Crippen LogP contribution in [-0.2, 0) is 19.1 Å². The largest absolute Gasteiger partial charge is 0.458 e. The third kappa shape index (κ3) is 2.78. The number of carbonyl (C=O) groups is 3. The Morgan fingerprint density at radius 3 is 2.55 bits per heavy atom. The maximum Gasteiger partial charge on any atom is 0.303 e. The molecule has 6 nitrogen and oxygen atoms in total. The van der Waals surface area contributed by atoms with E-state index in [0.29, 0.717) is 18.8 Å². The van der Waals surface area contributed by atoms with Crippen LogP contribution in [0.3, 0.4) is 0 Å². The molecule has 0 radical (unpaired) electrons. The maximum atomic E-state index is 12.9. The Labute approximate surface area is 171 Å². The van der Waals surface area contributed by atoms with Crippen molar-refractivity contribution in [3.8, 4) is 0 Å². The molecular formula is C23H32O6. The smallest absolute Gasteiger partial charge is 0.303 e. The Balaban J connectivity index is 1.63. The fraction of sp³-hybridized carbons (Fsp3) is 0.783. The van der Waals surface area contributed by atoms with E-state index in [-0.39, 0.29) is 30.6 Å². The average molecular weight is 405 g/mol. The number of esters is 1. The first-order chi connectivity index (χ1) is 13.5. The third-order valence-electron chi connectivity index (χ3n) is 9.09. The Hall–Kier alpha value is -1.53. The second-order valence-electron chi connectivity index (χ2n) is 10.1. The van der Waals surface area contributed by atoms with Gasteiger partial charge in [0.15, 0.2) is 12.4 Å². The van der Waals surface area contributed by atoms with Crippen LogP contribution in [0.15, 0.2) is 11.6 Å². The number of aliphatic hydroxyl groups excluding tert-OH is 1. The van der Waals surface area contributed by atoms with Crippen molar-refractivity contribution < 1.29 is 29.3 Å². The van der Waals surface area contributed by atoms with Crippen LogP contribution >= 0.6 is 0 Å². The number of hydrogen-bond donors (Lipinski definition) is 2. The molecule has 0 aromatic heterocycles. The minimum absolute atomic E-state index is 0.00961. The summed E-state index contributed by atoms with van der Waals surface area (Å²) in [6.45, 7) is 4.99. The zero-order chi connectivity index (χ0) is 21.2. The Kier molecular flexibility index (Phi) is 4.82. The average Bonchev–Trinajstić information content (AvgIpc) is 2.93. The van der Waals surface area contributed by atoms with E-state index in [0.717, 1.165) is 31.3 Å². The van der Waals surface area contributed by atoms with E-state index < -0.39 is 34.3 Å². The topological polar surface area (TPSA) is 101 Å². The van der Waals surface area contributed by atoms with Crippen molar-refractivity contribution in [2.24, 2.45) is 28.6 Å². The normalized spacial score (nSPS) is 46.2. The quantitative estimate of drug-likeness (QED) is 0.701. The highest BCUT2D eigenvalue weighted by atomic mass is 16.5. The highest BCUT2D eigenvalue weighted by molar-refractivity contribution is 5.92. The molecule has 160 valence electrons. The van der Waals surface area contributed by atoms with Gasteiger partial charge in [-0.25, -0.2) is 0 Å². The van der Waals surface area contributed by atoms with E-state index in [4.69, 9.17) is 4.74 Å². The third-order valence-corrected chi connectivity index (χ3v) is 9.09. The summed E-state index contributed by atoms with van der Waals surface area (Å²) in [5, 5.41) is 22.3. The molecule has 6 heteroatoms. The zero-order valence-corrected chi connectivity index (χ0v) is 17.6. The molecule has 4 aliphatic rings. The van der Waals surface area contributed by atoms with Crippen molar-refractivity contribution in [3.63, 3.8) is 0 Å². The number of carbonyl (C=O) groups excluding carboxylic acids is 3. The van der Waals surface area contributed by atoms with Gasteiger partial charge in [-0.2, -0.15) is 0 Å². The van der Waals surface area contributed by atoms with E-state index >= 15 is 0 Å². The molecule has 0 bridgehead atoms. The lowest BCUT2D eigenvalue weighted by Crippen LogP contribution is -2.59. The lowest BCUT2D eigenvalue weighted by atomic mass is 9.45. The fourth-order valence-corrected chi connectivity index (χ4v) is 7.37. The van der Waals surface area contributed by atoms with Crippen molar-refractivity contribution >= 4 is 17.5 Å².